The van der Waals surface area contributed by atoms with E-state index in [0.29, 0.717) is 16.8 Å². The van der Waals surface area contributed by atoms with Crippen LogP contribution in [0.5, 0.6) is 0 Å². The summed E-state index contributed by atoms with van der Waals surface area (Å²) in [6.45, 7) is 1.43. The maximum Gasteiger partial charge on any atom is 0.238 e. The van der Waals surface area contributed by atoms with Gasteiger partial charge in [0.25, 0.3) is 0 Å². The number of carbonyl (C=O) groups is 1. The lowest BCUT2D eigenvalue weighted by atomic mass is 9.87. The molecule has 0 spiro atoms. The van der Waals surface area contributed by atoms with Gasteiger partial charge in [-0.05, 0) is 36.2 Å². The Morgan fingerprint density at radius 2 is 1.91 bits per heavy atom. The summed E-state index contributed by atoms with van der Waals surface area (Å²) in [7, 11) is -3.94. The fraction of sp³-hybridized carbons (Fsp3) is 0.125. The minimum Gasteiger partial charge on any atom is -0.346 e. The third-order valence-corrected chi connectivity index (χ3v) is 4.73. The predicted octanol–water partition coefficient (Wildman–Crippen LogP) is 1.93. The quantitative estimate of drug-likeness (QED) is 0.762. The minimum absolute atomic E-state index is 0.0410. The van der Waals surface area contributed by atoms with Crippen molar-refractivity contribution in [1.29, 1.82) is 0 Å². The molecule has 0 bridgehead atoms. The number of benzene rings is 1. The smallest absolute Gasteiger partial charge is 0.238 e. The van der Waals surface area contributed by atoms with Crippen LogP contribution in [0.15, 0.2) is 53.7 Å². The van der Waals surface area contributed by atoms with E-state index >= 15 is 0 Å². The maximum atomic E-state index is 12.3. The van der Waals surface area contributed by atoms with Crippen molar-refractivity contribution in [2.45, 2.75) is 17.7 Å². The lowest BCUT2D eigenvalue weighted by Crippen LogP contribution is -2.19. The Hall–Kier alpha value is -2.51. The number of pyridine rings is 1. The van der Waals surface area contributed by atoms with Gasteiger partial charge in [-0.1, -0.05) is 18.2 Å². The van der Waals surface area contributed by atoms with Crippen LogP contribution in [-0.4, -0.2) is 24.2 Å². The molecule has 0 aliphatic heterocycles. The van der Waals surface area contributed by atoms with Gasteiger partial charge in [-0.3, -0.25) is 4.79 Å². The fourth-order valence-electron chi connectivity index (χ4n) is 2.82. The number of aromatic amines is 1. The topological polar surface area (TPSA) is 106 Å². The minimum atomic E-state index is -3.94. The number of Topliss-reactive ketones (excluding diaryl/α,β-unsaturated/α-hetero) is 1. The predicted molar refractivity (Wildman–Crippen MR) is 86.4 cm³/mol. The van der Waals surface area contributed by atoms with E-state index in [1.807, 2.05) is 6.07 Å². The number of H-pyrrole nitrogens is 1. The van der Waals surface area contributed by atoms with Crippen LogP contribution >= 0.6 is 0 Å². The van der Waals surface area contributed by atoms with Crippen LogP contribution < -0.4 is 5.14 Å². The molecule has 1 atom stereocenters. The van der Waals surface area contributed by atoms with Crippen molar-refractivity contribution in [3.8, 4) is 0 Å². The number of nitrogens with one attached hydrogen (secondary N) is 1. The van der Waals surface area contributed by atoms with E-state index < -0.39 is 15.9 Å². The number of aromatic nitrogens is 2. The number of primary sulfonamides is 1. The van der Waals surface area contributed by atoms with Crippen molar-refractivity contribution in [2.24, 2.45) is 5.14 Å². The van der Waals surface area contributed by atoms with Crippen LogP contribution in [0, 0.1) is 0 Å². The molecule has 0 aliphatic rings. The molecule has 0 saturated carbocycles. The number of nitrogens with zero attached hydrogens (tertiary/aromatic N) is 1. The first-order valence-electron chi connectivity index (χ1n) is 6.94. The van der Waals surface area contributed by atoms with Crippen molar-refractivity contribution >= 4 is 26.8 Å². The molecule has 1 unspecified atom stereocenters. The van der Waals surface area contributed by atoms with Gasteiger partial charge < -0.3 is 4.98 Å². The fourth-order valence-corrected chi connectivity index (χ4v) is 3.60. The standard InChI is InChI=1S/C16H15N3O3S/c1-10(20)15(11-6-8-18-16-12(11)7-9-19-16)13-4-2-3-5-14(13)23(17,21)22/h2-9,15H,1H3,(H,18,19)(H2,17,21,22). The summed E-state index contributed by atoms with van der Waals surface area (Å²) in [5.41, 5.74) is 1.71. The molecule has 118 valence electrons. The number of sulfonamides is 1. The summed E-state index contributed by atoms with van der Waals surface area (Å²) >= 11 is 0. The van der Waals surface area contributed by atoms with E-state index in [1.54, 1.807) is 36.7 Å². The first kappa shape index (κ1) is 15.4. The second-order valence-corrected chi connectivity index (χ2v) is 6.80. The summed E-state index contributed by atoms with van der Waals surface area (Å²) in [6, 6.07) is 9.84. The largest absolute Gasteiger partial charge is 0.346 e. The zero-order chi connectivity index (χ0) is 16.6. The highest BCUT2D eigenvalue weighted by Crippen LogP contribution is 2.33. The van der Waals surface area contributed by atoms with Crippen LogP contribution in [-0.2, 0) is 14.8 Å². The van der Waals surface area contributed by atoms with Crippen molar-refractivity contribution in [2.75, 3.05) is 0 Å². The van der Waals surface area contributed by atoms with Gasteiger partial charge in [-0.2, -0.15) is 0 Å². The number of carbonyl (C=O) groups excluding carboxylic acids is 1. The number of fused-ring (bicyclic) bond motifs is 1. The molecule has 2 aromatic heterocycles. The van der Waals surface area contributed by atoms with Gasteiger partial charge >= 0.3 is 0 Å². The van der Waals surface area contributed by atoms with Crippen LogP contribution in [0.1, 0.15) is 24.0 Å². The summed E-state index contributed by atoms with van der Waals surface area (Å²) in [6.07, 6.45) is 3.31. The summed E-state index contributed by atoms with van der Waals surface area (Å²) in [4.78, 5) is 19.5. The normalized spacial score (nSPS) is 13.1. The van der Waals surface area contributed by atoms with Crippen LogP contribution in [0.4, 0.5) is 0 Å². The van der Waals surface area contributed by atoms with E-state index in [2.05, 4.69) is 9.97 Å². The Kier molecular flexibility index (Phi) is 3.75. The van der Waals surface area contributed by atoms with E-state index in [9.17, 15) is 13.2 Å². The number of rotatable bonds is 4. The number of hydrogen-bond acceptors (Lipinski definition) is 4. The Balaban J connectivity index is 2.31. The van der Waals surface area contributed by atoms with Crippen molar-refractivity contribution in [3.05, 3.63) is 59.9 Å². The Labute approximate surface area is 133 Å². The third-order valence-electron chi connectivity index (χ3n) is 3.75. The van der Waals surface area contributed by atoms with E-state index in [-0.39, 0.29) is 10.7 Å². The molecule has 23 heavy (non-hydrogen) atoms. The molecule has 0 saturated heterocycles. The third kappa shape index (κ3) is 2.76. The maximum absolute atomic E-state index is 12.3. The van der Waals surface area contributed by atoms with Crippen LogP contribution in [0.25, 0.3) is 11.0 Å². The van der Waals surface area contributed by atoms with Gasteiger partial charge in [0, 0.05) is 17.8 Å². The van der Waals surface area contributed by atoms with Crippen molar-refractivity contribution < 1.29 is 13.2 Å². The zero-order valence-electron chi connectivity index (χ0n) is 12.4. The number of hydrogen-bond donors (Lipinski definition) is 2. The van der Waals surface area contributed by atoms with Crippen LogP contribution in [0.3, 0.4) is 0 Å². The second kappa shape index (κ2) is 5.60. The highest BCUT2D eigenvalue weighted by atomic mass is 32.2. The van der Waals surface area contributed by atoms with Crippen molar-refractivity contribution in [3.63, 3.8) is 0 Å². The van der Waals surface area contributed by atoms with Gasteiger partial charge in [0.1, 0.15) is 11.4 Å². The average Bonchev–Trinajstić information content (AvgIpc) is 2.96. The lowest BCUT2D eigenvalue weighted by molar-refractivity contribution is -0.117. The van der Waals surface area contributed by atoms with Gasteiger partial charge in [-0.15, -0.1) is 0 Å². The highest BCUT2D eigenvalue weighted by Gasteiger charge is 2.27. The molecule has 3 aromatic rings. The zero-order valence-corrected chi connectivity index (χ0v) is 13.2. The molecule has 0 amide bonds. The van der Waals surface area contributed by atoms with Crippen molar-refractivity contribution in [1.82, 2.24) is 9.97 Å². The lowest BCUT2D eigenvalue weighted by Gasteiger charge is -2.18. The molecule has 1 aromatic carbocycles. The monoisotopic (exact) mass is 329 g/mol. The highest BCUT2D eigenvalue weighted by molar-refractivity contribution is 7.89. The molecule has 0 radical (unpaired) electrons. The molecule has 0 aliphatic carbocycles. The Morgan fingerprint density at radius 1 is 1.17 bits per heavy atom. The Morgan fingerprint density at radius 3 is 2.61 bits per heavy atom. The summed E-state index contributed by atoms with van der Waals surface area (Å²) in [5, 5.41) is 6.08. The molecular formula is C16H15N3O3S. The van der Waals surface area contributed by atoms with Gasteiger partial charge in [0.05, 0.1) is 10.8 Å². The molecule has 7 heteroatoms. The molecule has 2 heterocycles. The van der Waals surface area contributed by atoms with Gasteiger partial charge in [-0.25, -0.2) is 18.5 Å². The number of ketones is 1. The van der Waals surface area contributed by atoms with E-state index in [0.717, 1.165) is 5.39 Å². The van der Waals surface area contributed by atoms with E-state index in [4.69, 9.17) is 5.14 Å². The van der Waals surface area contributed by atoms with E-state index in [1.165, 1.54) is 13.0 Å². The number of nitrogens with two attached hydrogens (primary N) is 1. The SMILES string of the molecule is CC(=O)C(c1ccccc1S(N)(=O)=O)c1ccnc2[nH]ccc12. The Bertz CT molecular complexity index is 992. The molecular weight excluding hydrogens is 314 g/mol. The summed E-state index contributed by atoms with van der Waals surface area (Å²) in [5.74, 6) is -0.902. The summed E-state index contributed by atoms with van der Waals surface area (Å²) < 4.78 is 23.7. The molecule has 3 N–H and O–H groups in total. The molecule has 3 rings (SSSR count). The average molecular weight is 329 g/mol. The van der Waals surface area contributed by atoms with Gasteiger partial charge in [0.2, 0.25) is 10.0 Å². The van der Waals surface area contributed by atoms with Gasteiger partial charge in [0.15, 0.2) is 0 Å². The molecule has 6 nitrogen and oxygen atoms in total. The first-order chi connectivity index (χ1) is 10.9. The first-order valence-corrected chi connectivity index (χ1v) is 8.48. The molecule has 0 fully saturated rings. The van der Waals surface area contributed by atoms with Crippen LogP contribution in [0.2, 0.25) is 0 Å². The second-order valence-electron chi connectivity index (χ2n) is 5.27.